The molecule has 0 aliphatic heterocycles. The number of rotatable bonds is 6. The maximum absolute atomic E-state index is 11.0. The Kier molecular flexibility index (Phi) is 4.18. The summed E-state index contributed by atoms with van der Waals surface area (Å²) in [6.07, 6.45) is 3.90. The minimum Gasteiger partial charge on any atom is -0.379 e. The topological polar surface area (TPSA) is 72.9 Å². The average molecular weight is 258 g/mol. The molecule has 1 aromatic heterocycles. The third-order valence-corrected chi connectivity index (χ3v) is 2.98. The summed E-state index contributed by atoms with van der Waals surface area (Å²) in [5.74, 6) is -0.326. The lowest BCUT2D eigenvalue weighted by Gasteiger charge is -2.12. The number of carbonyl (C=O) groups excluding carboxylic acids is 1. The van der Waals surface area contributed by atoms with E-state index in [9.17, 15) is 4.79 Å². The van der Waals surface area contributed by atoms with E-state index in [2.05, 4.69) is 21.8 Å². The van der Waals surface area contributed by atoms with Crippen molar-refractivity contribution in [2.75, 3.05) is 5.32 Å². The van der Waals surface area contributed by atoms with E-state index in [0.717, 1.165) is 23.5 Å². The lowest BCUT2D eigenvalue weighted by molar-refractivity contribution is -0.117. The van der Waals surface area contributed by atoms with Crippen LogP contribution in [0, 0.1) is 0 Å². The summed E-state index contributed by atoms with van der Waals surface area (Å²) < 4.78 is 2.07. The summed E-state index contributed by atoms with van der Waals surface area (Å²) in [6, 6.07) is 7.69. The lowest BCUT2D eigenvalue weighted by atomic mass is 10.1. The Bertz CT molecular complexity index is 562. The van der Waals surface area contributed by atoms with Crippen molar-refractivity contribution in [3.63, 3.8) is 0 Å². The molecule has 0 unspecified atom stereocenters. The molecule has 3 N–H and O–H groups in total. The zero-order valence-corrected chi connectivity index (χ0v) is 11.0. The molecule has 0 aliphatic rings. The van der Waals surface area contributed by atoms with Crippen molar-refractivity contribution in [1.82, 2.24) is 9.55 Å². The summed E-state index contributed by atoms with van der Waals surface area (Å²) in [7, 11) is 0. The highest BCUT2D eigenvalue weighted by Crippen LogP contribution is 2.16. The van der Waals surface area contributed by atoms with Crippen LogP contribution in [0.15, 0.2) is 36.8 Å². The van der Waals surface area contributed by atoms with E-state index in [1.54, 1.807) is 0 Å². The second-order valence-corrected chi connectivity index (χ2v) is 4.32. The van der Waals surface area contributed by atoms with Crippen LogP contribution in [0.3, 0.4) is 0 Å². The third kappa shape index (κ3) is 3.34. The maximum Gasteiger partial charge on any atom is 0.221 e. The fourth-order valence-corrected chi connectivity index (χ4v) is 2.00. The third-order valence-electron chi connectivity index (χ3n) is 2.98. The van der Waals surface area contributed by atoms with Gasteiger partial charge in [-0.15, -0.1) is 0 Å². The highest BCUT2D eigenvalue weighted by atomic mass is 16.1. The molecule has 1 aromatic carbocycles. The van der Waals surface area contributed by atoms with Crippen molar-refractivity contribution < 1.29 is 4.79 Å². The molecule has 2 aromatic rings. The number of aryl methyl sites for hydroxylation is 1. The van der Waals surface area contributed by atoms with Gasteiger partial charge in [0.25, 0.3) is 0 Å². The van der Waals surface area contributed by atoms with E-state index < -0.39 is 0 Å². The molecule has 2 rings (SSSR count). The van der Waals surface area contributed by atoms with E-state index in [1.165, 1.54) is 0 Å². The molecule has 5 heteroatoms. The molecule has 1 heterocycles. The van der Waals surface area contributed by atoms with Crippen LogP contribution in [0.5, 0.6) is 0 Å². The van der Waals surface area contributed by atoms with Gasteiger partial charge in [-0.3, -0.25) is 4.79 Å². The Morgan fingerprint density at radius 1 is 1.42 bits per heavy atom. The summed E-state index contributed by atoms with van der Waals surface area (Å²) in [5, 5.41) is 3.33. The standard InChI is InChI=1S/C14H18N4O/c1-2-18-10-16-8-12(18)9-17-13-6-4-3-5-11(13)7-14(15)19/h3-6,8,10,17H,2,7,9H2,1H3,(H2,15,19). The first kappa shape index (κ1) is 13.1. The van der Waals surface area contributed by atoms with Crippen LogP contribution >= 0.6 is 0 Å². The molecule has 0 radical (unpaired) electrons. The van der Waals surface area contributed by atoms with E-state index in [4.69, 9.17) is 5.73 Å². The summed E-state index contributed by atoms with van der Waals surface area (Å²) in [4.78, 5) is 15.2. The molecule has 0 atom stereocenters. The largest absolute Gasteiger partial charge is 0.379 e. The van der Waals surface area contributed by atoms with E-state index in [0.29, 0.717) is 6.54 Å². The fraction of sp³-hybridized carbons (Fsp3) is 0.286. The van der Waals surface area contributed by atoms with Crippen molar-refractivity contribution >= 4 is 11.6 Å². The first-order valence-electron chi connectivity index (χ1n) is 6.29. The Balaban J connectivity index is 2.09. The molecule has 1 amide bonds. The van der Waals surface area contributed by atoms with Crippen LogP contribution in [0.2, 0.25) is 0 Å². The van der Waals surface area contributed by atoms with Gasteiger partial charge in [0.15, 0.2) is 0 Å². The van der Waals surface area contributed by atoms with Crippen LogP contribution < -0.4 is 11.1 Å². The number of nitrogens with zero attached hydrogens (tertiary/aromatic N) is 2. The van der Waals surface area contributed by atoms with Gasteiger partial charge in [0.1, 0.15) is 0 Å². The maximum atomic E-state index is 11.0. The number of nitrogens with two attached hydrogens (primary N) is 1. The van der Waals surface area contributed by atoms with Gasteiger partial charge in [-0.1, -0.05) is 18.2 Å². The highest BCUT2D eigenvalue weighted by Gasteiger charge is 2.06. The van der Waals surface area contributed by atoms with Crippen LogP contribution in [-0.4, -0.2) is 15.5 Å². The molecule has 5 nitrogen and oxygen atoms in total. The summed E-state index contributed by atoms with van der Waals surface area (Å²) >= 11 is 0. The quantitative estimate of drug-likeness (QED) is 0.825. The number of imidazole rings is 1. The normalized spacial score (nSPS) is 10.4. The van der Waals surface area contributed by atoms with Gasteiger partial charge in [0, 0.05) is 18.4 Å². The molecule has 0 aliphatic carbocycles. The van der Waals surface area contributed by atoms with Gasteiger partial charge < -0.3 is 15.6 Å². The molecule has 19 heavy (non-hydrogen) atoms. The first-order chi connectivity index (χ1) is 9.20. The zero-order valence-electron chi connectivity index (χ0n) is 11.0. The number of aromatic nitrogens is 2. The number of para-hydroxylation sites is 1. The van der Waals surface area contributed by atoms with Gasteiger partial charge in [0.05, 0.1) is 25.0 Å². The van der Waals surface area contributed by atoms with Gasteiger partial charge >= 0.3 is 0 Å². The van der Waals surface area contributed by atoms with Crippen molar-refractivity contribution in [3.8, 4) is 0 Å². The van der Waals surface area contributed by atoms with E-state index >= 15 is 0 Å². The number of carbonyl (C=O) groups is 1. The minimum atomic E-state index is -0.326. The molecular formula is C14H18N4O. The van der Waals surface area contributed by atoms with Crippen molar-refractivity contribution in [1.29, 1.82) is 0 Å². The average Bonchev–Trinajstić information content (AvgIpc) is 2.84. The lowest BCUT2D eigenvalue weighted by Crippen LogP contribution is -2.15. The van der Waals surface area contributed by atoms with Gasteiger partial charge in [0.2, 0.25) is 5.91 Å². The zero-order chi connectivity index (χ0) is 13.7. The second kappa shape index (κ2) is 6.04. The van der Waals surface area contributed by atoms with Crippen molar-refractivity contribution in [2.24, 2.45) is 5.73 Å². The SMILES string of the molecule is CCn1cncc1CNc1ccccc1CC(N)=O. The Labute approximate surface area is 112 Å². The number of hydrogen-bond donors (Lipinski definition) is 2. The van der Waals surface area contributed by atoms with Crippen LogP contribution in [0.25, 0.3) is 0 Å². The fourth-order valence-electron chi connectivity index (χ4n) is 2.00. The molecule has 0 saturated heterocycles. The van der Waals surface area contributed by atoms with Crippen LogP contribution in [0.1, 0.15) is 18.2 Å². The molecule has 0 bridgehead atoms. The number of hydrogen-bond acceptors (Lipinski definition) is 3. The smallest absolute Gasteiger partial charge is 0.221 e. The van der Waals surface area contributed by atoms with E-state index in [-0.39, 0.29) is 12.3 Å². The Morgan fingerprint density at radius 3 is 2.95 bits per heavy atom. The number of amides is 1. The number of anilines is 1. The Hall–Kier alpha value is -2.30. The van der Waals surface area contributed by atoms with Gasteiger partial charge in [-0.2, -0.15) is 0 Å². The Morgan fingerprint density at radius 2 is 2.21 bits per heavy atom. The molecule has 0 spiro atoms. The van der Waals surface area contributed by atoms with Gasteiger partial charge in [-0.25, -0.2) is 4.98 Å². The van der Waals surface area contributed by atoms with Crippen LogP contribution in [-0.2, 0) is 24.3 Å². The molecule has 0 fully saturated rings. The summed E-state index contributed by atoms with van der Waals surface area (Å²) in [5.41, 5.74) is 8.21. The van der Waals surface area contributed by atoms with E-state index in [1.807, 2.05) is 36.8 Å². The van der Waals surface area contributed by atoms with Crippen LogP contribution in [0.4, 0.5) is 5.69 Å². The second-order valence-electron chi connectivity index (χ2n) is 4.32. The molecule has 0 saturated carbocycles. The van der Waals surface area contributed by atoms with Crippen molar-refractivity contribution in [2.45, 2.75) is 26.4 Å². The highest BCUT2D eigenvalue weighted by molar-refractivity contribution is 5.78. The first-order valence-corrected chi connectivity index (χ1v) is 6.29. The minimum absolute atomic E-state index is 0.246. The predicted molar refractivity (Wildman–Crippen MR) is 74.6 cm³/mol. The summed E-state index contributed by atoms with van der Waals surface area (Å²) in [6.45, 7) is 3.63. The number of primary amides is 1. The van der Waals surface area contributed by atoms with Crippen molar-refractivity contribution in [3.05, 3.63) is 48.0 Å². The number of benzene rings is 1. The van der Waals surface area contributed by atoms with Gasteiger partial charge in [-0.05, 0) is 18.6 Å². The molecule has 100 valence electrons. The number of nitrogens with one attached hydrogen (secondary N) is 1. The molecular weight excluding hydrogens is 240 g/mol. The predicted octanol–water partition coefficient (Wildman–Crippen LogP) is 1.54. The monoisotopic (exact) mass is 258 g/mol.